The third-order valence-corrected chi connectivity index (χ3v) is 4.92. The molecule has 0 spiro atoms. The number of aromatic nitrogens is 1. The summed E-state index contributed by atoms with van der Waals surface area (Å²) in [7, 11) is 0. The van der Waals surface area contributed by atoms with Gasteiger partial charge in [0.2, 0.25) is 0 Å². The lowest BCUT2D eigenvalue weighted by atomic mass is 10.0. The lowest BCUT2D eigenvalue weighted by molar-refractivity contribution is 0.0953. The maximum Gasteiger partial charge on any atom is 0.275 e. The molecular formula is C25H20N4O3. The Morgan fingerprint density at radius 3 is 2.53 bits per heavy atom. The van der Waals surface area contributed by atoms with Gasteiger partial charge in [0.15, 0.2) is 0 Å². The Kier molecular flexibility index (Phi) is 5.89. The number of hydrogen-bond donors (Lipinski definition) is 3. The number of nitrogens with zero attached hydrogens (tertiary/aromatic N) is 2. The largest absolute Gasteiger partial charge is 0.507 e. The van der Waals surface area contributed by atoms with Crippen molar-refractivity contribution < 1.29 is 14.7 Å². The first-order valence-electron chi connectivity index (χ1n) is 9.90. The molecule has 0 aliphatic carbocycles. The van der Waals surface area contributed by atoms with Crippen molar-refractivity contribution in [1.82, 2.24) is 10.4 Å². The molecule has 32 heavy (non-hydrogen) atoms. The lowest BCUT2D eigenvalue weighted by Gasteiger charge is -2.09. The van der Waals surface area contributed by atoms with E-state index in [0.717, 1.165) is 10.9 Å². The zero-order valence-corrected chi connectivity index (χ0v) is 17.2. The average Bonchev–Trinajstić information content (AvgIpc) is 2.83. The summed E-state index contributed by atoms with van der Waals surface area (Å²) in [6, 6.07) is 21.0. The molecule has 0 saturated carbocycles. The quantitative estimate of drug-likeness (QED) is 0.327. The SMILES string of the molecule is CC(=NNC(=O)c1c(O)ccc2ccccc12)c1cccc(NC(=O)c2cccnc2)c1. The van der Waals surface area contributed by atoms with Crippen LogP contribution in [0.3, 0.4) is 0 Å². The molecule has 7 nitrogen and oxygen atoms in total. The summed E-state index contributed by atoms with van der Waals surface area (Å²) >= 11 is 0. The summed E-state index contributed by atoms with van der Waals surface area (Å²) in [6.45, 7) is 1.74. The van der Waals surface area contributed by atoms with Crippen molar-refractivity contribution in [2.45, 2.75) is 6.92 Å². The molecule has 2 amide bonds. The van der Waals surface area contributed by atoms with Crippen molar-refractivity contribution in [1.29, 1.82) is 0 Å². The highest BCUT2D eigenvalue weighted by molar-refractivity contribution is 6.10. The van der Waals surface area contributed by atoms with E-state index >= 15 is 0 Å². The molecule has 0 radical (unpaired) electrons. The minimum absolute atomic E-state index is 0.117. The molecule has 0 aliphatic rings. The number of nitrogens with one attached hydrogen (secondary N) is 2. The van der Waals surface area contributed by atoms with E-state index in [4.69, 9.17) is 0 Å². The van der Waals surface area contributed by atoms with Crippen LogP contribution in [0.5, 0.6) is 5.75 Å². The maximum absolute atomic E-state index is 12.7. The predicted octanol–water partition coefficient (Wildman–Crippen LogP) is 4.35. The van der Waals surface area contributed by atoms with Crippen LogP contribution in [-0.2, 0) is 0 Å². The number of fused-ring (bicyclic) bond motifs is 1. The van der Waals surface area contributed by atoms with Crippen molar-refractivity contribution in [2.24, 2.45) is 5.10 Å². The van der Waals surface area contributed by atoms with Crippen LogP contribution in [0.25, 0.3) is 10.8 Å². The molecule has 0 aliphatic heterocycles. The number of hydrazone groups is 1. The summed E-state index contributed by atoms with van der Waals surface area (Å²) in [6.07, 6.45) is 3.09. The average molecular weight is 424 g/mol. The van der Waals surface area contributed by atoms with Crippen LogP contribution in [0, 0.1) is 0 Å². The van der Waals surface area contributed by atoms with Gasteiger partial charge in [0.1, 0.15) is 5.75 Å². The van der Waals surface area contributed by atoms with Crippen molar-refractivity contribution in [3.8, 4) is 5.75 Å². The molecular weight excluding hydrogens is 404 g/mol. The van der Waals surface area contributed by atoms with E-state index in [-0.39, 0.29) is 17.2 Å². The van der Waals surface area contributed by atoms with E-state index in [2.05, 4.69) is 20.8 Å². The van der Waals surface area contributed by atoms with Crippen LogP contribution < -0.4 is 10.7 Å². The van der Waals surface area contributed by atoms with Crippen LogP contribution >= 0.6 is 0 Å². The van der Waals surface area contributed by atoms with E-state index in [1.54, 1.807) is 61.7 Å². The fourth-order valence-corrected chi connectivity index (χ4v) is 3.28. The summed E-state index contributed by atoms with van der Waals surface area (Å²) in [5.74, 6) is -0.904. The van der Waals surface area contributed by atoms with Crippen LogP contribution in [0.1, 0.15) is 33.2 Å². The van der Waals surface area contributed by atoms with Crippen LogP contribution in [0.4, 0.5) is 5.69 Å². The van der Waals surface area contributed by atoms with Gasteiger partial charge in [-0.25, -0.2) is 5.43 Å². The number of carbonyl (C=O) groups excluding carboxylic acids is 2. The van der Waals surface area contributed by atoms with Gasteiger partial charge in [-0.15, -0.1) is 0 Å². The van der Waals surface area contributed by atoms with Crippen molar-refractivity contribution in [3.63, 3.8) is 0 Å². The number of carbonyl (C=O) groups is 2. The van der Waals surface area contributed by atoms with Crippen LogP contribution in [-0.4, -0.2) is 27.6 Å². The summed E-state index contributed by atoms with van der Waals surface area (Å²) in [5, 5.41) is 18.7. The van der Waals surface area contributed by atoms with Gasteiger partial charge >= 0.3 is 0 Å². The van der Waals surface area contributed by atoms with Gasteiger partial charge in [-0.05, 0) is 53.6 Å². The summed E-state index contributed by atoms with van der Waals surface area (Å²) in [5.41, 5.74) is 4.97. The first-order valence-corrected chi connectivity index (χ1v) is 9.90. The molecule has 0 fully saturated rings. The van der Waals surface area contributed by atoms with Crippen molar-refractivity contribution >= 4 is 34.0 Å². The molecule has 0 unspecified atom stereocenters. The number of benzene rings is 3. The van der Waals surface area contributed by atoms with E-state index in [9.17, 15) is 14.7 Å². The Morgan fingerprint density at radius 2 is 1.72 bits per heavy atom. The second-order valence-corrected chi connectivity index (χ2v) is 7.10. The van der Waals surface area contributed by atoms with Gasteiger partial charge in [0, 0.05) is 18.1 Å². The number of amides is 2. The van der Waals surface area contributed by atoms with E-state index < -0.39 is 5.91 Å². The summed E-state index contributed by atoms with van der Waals surface area (Å²) in [4.78, 5) is 29.0. The standard InChI is InChI=1S/C25H20N4O3/c1-16(18-7-4-9-20(14-18)27-24(31)19-8-5-13-26-15-19)28-29-25(32)23-21-10-3-2-6-17(21)11-12-22(23)30/h2-15,30H,1H3,(H,27,31)(H,29,32). The number of anilines is 1. The molecule has 3 N–H and O–H groups in total. The van der Waals surface area contributed by atoms with Crippen LogP contribution in [0.2, 0.25) is 0 Å². The fraction of sp³-hybridized carbons (Fsp3) is 0.0400. The molecule has 3 aromatic carbocycles. The molecule has 4 rings (SSSR count). The molecule has 1 aromatic heterocycles. The number of phenols is 1. The first kappa shape index (κ1) is 20.7. The van der Waals surface area contributed by atoms with Gasteiger partial charge in [-0.2, -0.15) is 5.10 Å². The molecule has 7 heteroatoms. The highest BCUT2D eigenvalue weighted by Gasteiger charge is 2.15. The zero-order chi connectivity index (χ0) is 22.5. The molecule has 0 atom stereocenters. The summed E-state index contributed by atoms with van der Waals surface area (Å²) < 4.78 is 0. The third kappa shape index (κ3) is 4.46. The van der Waals surface area contributed by atoms with Gasteiger partial charge < -0.3 is 10.4 Å². The number of phenolic OH excluding ortho intramolecular Hbond substituents is 1. The normalized spacial score (nSPS) is 11.2. The van der Waals surface area contributed by atoms with Gasteiger partial charge in [-0.1, -0.05) is 42.5 Å². The maximum atomic E-state index is 12.7. The highest BCUT2D eigenvalue weighted by atomic mass is 16.3. The van der Waals surface area contributed by atoms with Crippen molar-refractivity contribution in [2.75, 3.05) is 5.32 Å². The Hall–Kier alpha value is -4.52. The van der Waals surface area contributed by atoms with Gasteiger partial charge in [0.05, 0.1) is 16.8 Å². The highest BCUT2D eigenvalue weighted by Crippen LogP contribution is 2.27. The fourth-order valence-electron chi connectivity index (χ4n) is 3.28. The topological polar surface area (TPSA) is 104 Å². The number of pyridine rings is 1. The minimum atomic E-state index is -0.514. The Bertz CT molecular complexity index is 1330. The monoisotopic (exact) mass is 424 g/mol. The second-order valence-electron chi connectivity index (χ2n) is 7.10. The van der Waals surface area contributed by atoms with Crippen molar-refractivity contribution in [3.05, 3.63) is 102 Å². The second kappa shape index (κ2) is 9.09. The zero-order valence-electron chi connectivity index (χ0n) is 17.2. The van der Waals surface area contributed by atoms with Crippen LogP contribution in [0.15, 0.2) is 90.3 Å². The number of aromatic hydroxyl groups is 1. The molecule has 0 bridgehead atoms. The van der Waals surface area contributed by atoms with E-state index in [1.165, 1.54) is 12.3 Å². The predicted molar refractivity (Wildman–Crippen MR) is 124 cm³/mol. The smallest absolute Gasteiger partial charge is 0.275 e. The van der Waals surface area contributed by atoms with Gasteiger partial charge in [-0.3, -0.25) is 14.6 Å². The van der Waals surface area contributed by atoms with E-state index in [0.29, 0.717) is 22.3 Å². The molecule has 1 heterocycles. The minimum Gasteiger partial charge on any atom is -0.507 e. The van der Waals surface area contributed by atoms with E-state index in [1.807, 2.05) is 18.2 Å². The van der Waals surface area contributed by atoms with Gasteiger partial charge in [0.25, 0.3) is 11.8 Å². The molecule has 158 valence electrons. The molecule has 0 saturated heterocycles. The third-order valence-electron chi connectivity index (χ3n) is 4.92. The first-order chi connectivity index (χ1) is 15.5. The number of hydrogen-bond acceptors (Lipinski definition) is 5. The molecule has 4 aromatic rings. The lowest BCUT2D eigenvalue weighted by Crippen LogP contribution is -2.20. The Balaban J connectivity index is 1.52. The number of rotatable bonds is 5. The Morgan fingerprint density at radius 1 is 0.906 bits per heavy atom. The Labute approximate surface area is 184 Å².